The molecule has 0 rings (SSSR count). The lowest BCUT2D eigenvalue weighted by Gasteiger charge is -2.24. The van der Waals surface area contributed by atoms with Crippen molar-refractivity contribution in [3.8, 4) is 0 Å². The van der Waals surface area contributed by atoms with Crippen molar-refractivity contribution >= 4 is 13.8 Å². The first-order valence-electron chi connectivity index (χ1n) is 23.7. The molecule has 0 fully saturated rings. The van der Waals surface area contributed by atoms with Crippen LogP contribution >= 0.6 is 7.82 Å². The van der Waals surface area contributed by atoms with Gasteiger partial charge in [0.05, 0.1) is 40.8 Å². The predicted molar refractivity (Wildman–Crippen MR) is 252 cm³/mol. The number of esters is 1. The first kappa shape index (κ1) is 56.9. The fourth-order valence-electron chi connectivity index (χ4n) is 6.15. The highest BCUT2D eigenvalue weighted by atomic mass is 31.2. The predicted octanol–water partition coefficient (Wildman–Crippen LogP) is 14.3. The maximum absolute atomic E-state index is 12.6. The van der Waals surface area contributed by atoms with Crippen LogP contribution in [0.3, 0.4) is 0 Å². The topological polar surface area (TPSA) is 91.3 Å². The summed E-state index contributed by atoms with van der Waals surface area (Å²) in [5.74, 6) is -0.441. The fourth-order valence-corrected chi connectivity index (χ4v) is 6.89. The van der Waals surface area contributed by atoms with Crippen LogP contribution in [-0.4, -0.2) is 75.6 Å². The number of quaternary nitrogens is 1. The zero-order valence-corrected chi connectivity index (χ0v) is 39.6. The van der Waals surface area contributed by atoms with Crippen molar-refractivity contribution in [1.82, 2.24) is 0 Å². The molecule has 0 radical (unpaired) electrons. The first-order valence-corrected chi connectivity index (χ1v) is 25.2. The number of likely N-dealkylation sites (N-methyl/N-ethyl adjacent to an activating group) is 1. The summed E-state index contributed by atoms with van der Waals surface area (Å²) in [7, 11) is 1.60. The molecule has 0 bridgehead atoms. The van der Waals surface area contributed by atoms with Gasteiger partial charge >= 0.3 is 13.8 Å². The van der Waals surface area contributed by atoms with Crippen molar-refractivity contribution < 1.29 is 37.3 Å². The molecule has 342 valence electrons. The van der Waals surface area contributed by atoms with Gasteiger partial charge in [0.1, 0.15) is 19.3 Å². The molecule has 9 heteroatoms. The Balaban J connectivity index is 4.26. The molecule has 2 atom stereocenters. The van der Waals surface area contributed by atoms with Crippen LogP contribution in [0, 0.1) is 0 Å². The van der Waals surface area contributed by atoms with Crippen molar-refractivity contribution in [2.75, 3.05) is 54.1 Å². The molecule has 0 aliphatic heterocycles. The van der Waals surface area contributed by atoms with Gasteiger partial charge < -0.3 is 18.9 Å². The van der Waals surface area contributed by atoms with Gasteiger partial charge in [-0.05, 0) is 64.2 Å². The number of hydrogen-bond donors (Lipinski definition) is 1. The van der Waals surface area contributed by atoms with Gasteiger partial charge in [-0.15, -0.1) is 0 Å². The van der Waals surface area contributed by atoms with Crippen molar-refractivity contribution in [2.45, 2.75) is 187 Å². The van der Waals surface area contributed by atoms with E-state index < -0.39 is 19.9 Å². The van der Waals surface area contributed by atoms with E-state index in [1.807, 2.05) is 27.2 Å². The van der Waals surface area contributed by atoms with Crippen molar-refractivity contribution in [1.29, 1.82) is 0 Å². The maximum Gasteiger partial charge on any atom is 0.472 e. The van der Waals surface area contributed by atoms with Crippen molar-refractivity contribution in [3.05, 3.63) is 72.9 Å². The van der Waals surface area contributed by atoms with Crippen molar-refractivity contribution in [3.63, 3.8) is 0 Å². The molecule has 0 aromatic rings. The normalized spacial score (nSPS) is 14.3. The lowest BCUT2D eigenvalue weighted by molar-refractivity contribution is -0.870. The number of ether oxygens (including phenoxy) is 2. The van der Waals surface area contributed by atoms with E-state index in [1.165, 1.54) is 116 Å². The Labute approximate surface area is 363 Å². The monoisotopic (exact) mass is 849 g/mol. The number of nitrogens with zero attached hydrogens (tertiary/aromatic N) is 1. The van der Waals surface area contributed by atoms with Gasteiger partial charge in [-0.1, -0.05) is 183 Å². The molecule has 59 heavy (non-hydrogen) atoms. The van der Waals surface area contributed by atoms with Gasteiger partial charge in [0.25, 0.3) is 0 Å². The van der Waals surface area contributed by atoms with E-state index in [2.05, 4.69) is 74.6 Å². The molecule has 0 spiro atoms. The second-order valence-corrected chi connectivity index (χ2v) is 18.2. The number of rotatable bonds is 43. The summed E-state index contributed by atoms with van der Waals surface area (Å²) in [4.78, 5) is 22.8. The number of carbonyl (C=O) groups is 1. The number of carbonyl (C=O) groups excluding carboxylic acids is 1. The number of phosphoric acid groups is 1. The first-order chi connectivity index (χ1) is 28.6. The largest absolute Gasteiger partial charge is 0.472 e. The minimum Gasteiger partial charge on any atom is -0.457 e. The molecule has 0 heterocycles. The van der Waals surface area contributed by atoms with Gasteiger partial charge in [-0.2, -0.15) is 0 Å². The van der Waals surface area contributed by atoms with E-state index in [4.69, 9.17) is 18.5 Å². The highest BCUT2D eigenvalue weighted by Crippen LogP contribution is 2.43. The van der Waals surface area contributed by atoms with E-state index >= 15 is 0 Å². The Bertz CT molecular complexity index is 1170. The molecule has 0 aliphatic rings. The second-order valence-electron chi connectivity index (χ2n) is 16.8. The SMILES string of the molecule is CC/C=C\C/C=C\C/C=C\C/C=C\C/C=C\CC(=O)OC(COCCCCCCCCCCCC/C=C\CCCCCCCCCC)COP(=O)(O)OCC[N+](C)(C)C. The third kappa shape index (κ3) is 46.9. The van der Waals surface area contributed by atoms with Gasteiger partial charge in [0, 0.05) is 6.61 Å². The zero-order chi connectivity index (χ0) is 43.4. The van der Waals surface area contributed by atoms with Crippen LogP contribution in [0.2, 0.25) is 0 Å². The van der Waals surface area contributed by atoms with Crippen LogP contribution in [0.1, 0.15) is 181 Å². The summed E-state index contributed by atoms with van der Waals surface area (Å²) in [5, 5.41) is 0. The highest BCUT2D eigenvalue weighted by Gasteiger charge is 2.26. The number of hydrogen-bond acceptors (Lipinski definition) is 6. The van der Waals surface area contributed by atoms with Gasteiger partial charge in [-0.3, -0.25) is 13.8 Å². The van der Waals surface area contributed by atoms with Gasteiger partial charge in [0.15, 0.2) is 0 Å². The summed E-state index contributed by atoms with van der Waals surface area (Å²) in [6.45, 7) is 5.37. The van der Waals surface area contributed by atoms with E-state index in [0.717, 1.165) is 44.9 Å². The molecule has 0 aromatic carbocycles. The van der Waals surface area contributed by atoms with Crippen LogP contribution in [0.5, 0.6) is 0 Å². The lowest BCUT2D eigenvalue weighted by atomic mass is 10.1. The van der Waals surface area contributed by atoms with Gasteiger partial charge in [0.2, 0.25) is 0 Å². The minimum absolute atomic E-state index is 0.0691. The van der Waals surface area contributed by atoms with Crippen molar-refractivity contribution in [2.24, 2.45) is 0 Å². The third-order valence-electron chi connectivity index (χ3n) is 9.78. The van der Waals surface area contributed by atoms with Crippen LogP contribution in [0.25, 0.3) is 0 Å². The molecular formula is C50H91NO7P+. The molecule has 0 saturated carbocycles. The summed E-state index contributed by atoms with van der Waals surface area (Å²) >= 11 is 0. The van der Waals surface area contributed by atoms with E-state index in [9.17, 15) is 14.3 Å². The molecule has 0 aromatic heterocycles. The lowest BCUT2D eigenvalue weighted by Crippen LogP contribution is -2.37. The Morgan fingerprint density at radius 1 is 0.542 bits per heavy atom. The van der Waals surface area contributed by atoms with Crippen LogP contribution in [-0.2, 0) is 27.9 Å². The maximum atomic E-state index is 12.6. The van der Waals surface area contributed by atoms with Crippen LogP contribution < -0.4 is 0 Å². The average Bonchev–Trinajstić information content (AvgIpc) is 3.19. The number of unbranched alkanes of at least 4 members (excludes halogenated alkanes) is 18. The number of allylic oxidation sites excluding steroid dienone is 11. The minimum atomic E-state index is -4.30. The van der Waals surface area contributed by atoms with Crippen LogP contribution in [0.15, 0.2) is 72.9 Å². The Morgan fingerprint density at radius 3 is 1.46 bits per heavy atom. The molecule has 0 amide bonds. The molecule has 2 unspecified atom stereocenters. The summed E-state index contributed by atoms with van der Waals surface area (Å²) in [6.07, 6.45) is 55.5. The summed E-state index contributed by atoms with van der Waals surface area (Å²) < 4.78 is 34.9. The third-order valence-corrected chi connectivity index (χ3v) is 10.8. The second kappa shape index (κ2) is 42.6. The van der Waals surface area contributed by atoms with E-state index in [-0.39, 0.29) is 26.2 Å². The smallest absolute Gasteiger partial charge is 0.457 e. The molecule has 0 saturated heterocycles. The van der Waals surface area contributed by atoms with E-state index in [1.54, 1.807) is 6.08 Å². The molecule has 8 nitrogen and oxygen atoms in total. The summed E-state index contributed by atoms with van der Waals surface area (Å²) in [5.41, 5.74) is 0. The Kier molecular flexibility index (Phi) is 41.1. The standard InChI is InChI=1S/C50H90NO7P/c1-6-8-10-12-14-16-18-20-22-23-24-25-26-27-28-30-32-34-36-38-40-42-45-55-47-49(48-57-59(53,54)56-46-44-51(3,4)5)58-50(52)43-41-39-37-35-33-31-29-21-19-17-15-13-11-9-7-2/h9,11,15,17,21,23-24,29,33,35,39,41,49H,6-8,10,12-14,16,18-20,22,25-28,30-32,34,36-38,40,42-48H2,1-5H3/p+1/b11-9-,17-15-,24-23-,29-21-,35-33-,41-39-. The van der Waals surface area contributed by atoms with E-state index in [0.29, 0.717) is 17.6 Å². The summed E-state index contributed by atoms with van der Waals surface area (Å²) in [6, 6.07) is 0. The van der Waals surface area contributed by atoms with Gasteiger partial charge in [-0.25, -0.2) is 4.57 Å². The highest BCUT2D eigenvalue weighted by molar-refractivity contribution is 7.47. The quantitative estimate of drug-likeness (QED) is 0.0215. The molecule has 1 N–H and O–H groups in total. The Morgan fingerprint density at radius 2 is 0.983 bits per heavy atom. The average molecular weight is 849 g/mol. The fraction of sp³-hybridized carbons (Fsp3) is 0.740. The Hall–Kier alpha value is -2.06. The van der Waals surface area contributed by atoms with Crippen LogP contribution in [0.4, 0.5) is 0 Å². The molecular weight excluding hydrogens is 758 g/mol. The number of phosphoric ester groups is 1. The molecule has 0 aliphatic carbocycles. The zero-order valence-electron chi connectivity index (χ0n) is 38.7.